The van der Waals surface area contributed by atoms with E-state index in [0.29, 0.717) is 35.3 Å². The number of amides is 1. The molecule has 0 bridgehead atoms. The predicted octanol–water partition coefficient (Wildman–Crippen LogP) is 3.64. The average molecular weight is 315 g/mol. The number of carbonyl (C=O) groups is 1. The Hall–Kier alpha value is -0.770. The first-order valence-electron chi connectivity index (χ1n) is 6.90. The molecule has 1 heterocycles. The third kappa shape index (κ3) is 3.27. The van der Waals surface area contributed by atoms with Crippen LogP contribution in [0, 0.1) is 5.92 Å². The van der Waals surface area contributed by atoms with E-state index < -0.39 is 0 Å². The standard InChI is InChI=1S/C15H20Cl2N2O/c1-9(2)8-19-14(20)6-5-13(18)15(19)11-7-10(16)3-4-12(11)17/h3-4,7,9,13,15H,5-6,8,18H2,1-2H3. The Labute approximate surface area is 130 Å². The first-order chi connectivity index (χ1) is 9.40. The molecule has 0 aromatic heterocycles. The van der Waals surface area contributed by atoms with Crippen molar-refractivity contribution in [2.75, 3.05) is 6.54 Å². The van der Waals surface area contributed by atoms with Crippen LogP contribution in [-0.2, 0) is 4.79 Å². The summed E-state index contributed by atoms with van der Waals surface area (Å²) in [7, 11) is 0. The van der Waals surface area contributed by atoms with Crippen molar-refractivity contribution in [3.05, 3.63) is 33.8 Å². The van der Waals surface area contributed by atoms with E-state index in [1.54, 1.807) is 12.1 Å². The van der Waals surface area contributed by atoms with Gasteiger partial charge in [0, 0.05) is 29.1 Å². The van der Waals surface area contributed by atoms with Crippen molar-refractivity contribution in [3.8, 4) is 0 Å². The average Bonchev–Trinajstić information content (AvgIpc) is 2.37. The second-order valence-corrected chi connectivity index (χ2v) is 6.60. The van der Waals surface area contributed by atoms with Crippen LogP contribution in [0.5, 0.6) is 0 Å². The fraction of sp³-hybridized carbons (Fsp3) is 0.533. The maximum atomic E-state index is 12.2. The van der Waals surface area contributed by atoms with Gasteiger partial charge in [-0.25, -0.2) is 0 Å². The van der Waals surface area contributed by atoms with Crippen molar-refractivity contribution in [1.82, 2.24) is 4.90 Å². The number of hydrogen-bond acceptors (Lipinski definition) is 2. The van der Waals surface area contributed by atoms with Gasteiger partial charge in [-0.05, 0) is 36.1 Å². The lowest BCUT2D eigenvalue weighted by Crippen LogP contribution is -2.50. The first kappa shape index (κ1) is 15.6. The predicted molar refractivity (Wildman–Crippen MR) is 83.0 cm³/mol. The third-order valence-corrected chi connectivity index (χ3v) is 4.17. The molecule has 110 valence electrons. The quantitative estimate of drug-likeness (QED) is 0.925. The van der Waals surface area contributed by atoms with Crippen LogP contribution in [0.25, 0.3) is 0 Å². The molecule has 1 saturated heterocycles. The molecule has 2 rings (SSSR count). The maximum Gasteiger partial charge on any atom is 0.223 e. The van der Waals surface area contributed by atoms with Crippen LogP contribution in [-0.4, -0.2) is 23.4 Å². The molecule has 0 saturated carbocycles. The molecular weight excluding hydrogens is 295 g/mol. The van der Waals surface area contributed by atoms with Gasteiger partial charge in [-0.2, -0.15) is 0 Å². The number of benzene rings is 1. The molecule has 5 heteroatoms. The summed E-state index contributed by atoms with van der Waals surface area (Å²) in [6, 6.07) is 5.03. The Morgan fingerprint density at radius 1 is 1.40 bits per heavy atom. The van der Waals surface area contributed by atoms with Gasteiger partial charge in [0.25, 0.3) is 0 Å². The van der Waals surface area contributed by atoms with Crippen molar-refractivity contribution >= 4 is 29.1 Å². The topological polar surface area (TPSA) is 46.3 Å². The molecule has 1 aromatic rings. The number of nitrogens with zero attached hydrogens (tertiary/aromatic N) is 1. The zero-order chi connectivity index (χ0) is 14.9. The number of hydrogen-bond donors (Lipinski definition) is 1. The van der Waals surface area contributed by atoms with Gasteiger partial charge in [-0.1, -0.05) is 37.0 Å². The van der Waals surface area contributed by atoms with Gasteiger partial charge in [-0.15, -0.1) is 0 Å². The van der Waals surface area contributed by atoms with E-state index in [2.05, 4.69) is 13.8 Å². The van der Waals surface area contributed by atoms with E-state index in [-0.39, 0.29) is 18.0 Å². The number of piperidine rings is 1. The molecular formula is C15H20Cl2N2O. The van der Waals surface area contributed by atoms with Gasteiger partial charge >= 0.3 is 0 Å². The van der Waals surface area contributed by atoms with Crippen LogP contribution in [0.4, 0.5) is 0 Å². The highest BCUT2D eigenvalue weighted by Crippen LogP contribution is 2.36. The molecule has 2 N–H and O–H groups in total. The molecule has 0 radical (unpaired) electrons. The minimum atomic E-state index is -0.190. The van der Waals surface area contributed by atoms with Crippen LogP contribution in [0.2, 0.25) is 10.0 Å². The molecule has 0 aliphatic carbocycles. The maximum absolute atomic E-state index is 12.2. The van der Waals surface area contributed by atoms with Gasteiger partial charge in [0.2, 0.25) is 5.91 Å². The van der Waals surface area contributed by atoms with Crippen molar-refractivity contribution < 1.29 is 4.79 Å². The lowest BCUT2D eigenvalue weighted by Gasteiger charge is -2.41. The second-order valence-electron chi connectivity index (χ2n) is 5.75. The summed E-state index contributed by atoms with van der Waals surface area (Å²) in [6.07, 6.45) is 1.18. The molecule has 2 unspecified atom stereocenters. The van der Waals surface area contributed by atoms with Crippen molar-refractivity contribution in [2.24, 2.45) is 11.7 Å². The summed E-state index contributed by atoms with van der Waals surface area (Å²) in [5, 5.41) is 1.22. The summed E-state index contributed by atoms with van der Waals surface area (Å²) in [5.74, 6) is 0.520. The number of carbonyl (C=O) groups excluding carboxylic acids is 1. The zero-order valence-electron chi connectivity index (χ0n) is 11.8. The lowest BCUT2D eigenvalue weighted by molar-refractivity contribution is -0.138. The van der Waals surface area contributed by atoms with Gasteiger partial charge in [0.1, 0.15) is 0 Å². The SMILES string of the molecule is CC(C)CN1C(=O)CCC(N)C1c1cc(Cl)ccc1Cl. The summed E-state index contributed by atoms with van der Waals surface area (Å²) in [5.41, 5.74) is 7.11. The molecule has 3 nitrogen and oxygen atoms in total. The Morgan fingerprint density at radius 3 is 2.75 bits per heavy atom. The summed E-state index contributed by atoms with van der Waals surface area (Å²) >= 11 is 12.4. The Bertz CT molecular complexity index is 505. The third-order valence-electron chi connectivity index (χ3n) is 3.59. The second kappa shape index (κ2) is 6.33. The molecule has 0 spiro atoms. The number of nitrogens with two attached hydrogens (primary N) is 1. The molecule has 1 fully saturated rings. The minimum absolute atomic E-state index is 0.109. The molecule has 20 heavy (non-hydrogen) atoms. The van der Waals surface area contributed by atoms with Gasteiger partial charge < -0.3 is 10.6 Å². The van der Waals surface area contributed by atoms with Crippen LogP contribution in [0.15, 0.2) is 18.2 Å². The van der Waals surface area contributed by atoms with Gasteiger partial charge in [-0.3, -0.25) is 4.79 Å². The fourth-order valence-corrected chi connectivity index (χ4v) is 3.14. The summed E-state index contributed by atoms with van der Waals surface area (Å²) in [4.78, 5) is 14.1. The zero-order valence-corrected chi connectivity index (χ0v) is 13.3. The van der Waals surface area contributed by atoms with Crippen LogP contribution in [0.1, 0.15) is 38.3 Å². The normalized spacial score (nSPS) is 23.5. The van der Waals surface area contributed by atoms with Crippen molar-refractivity contribution in [2.45, 2.75) is 38.8 Å². The van der Waals surface area contributed by atoms with Crippen LogP contribution < -0.4 is 5.73 Å². The smallest absolute Gasteiger partial charge is 0.223 e. The Kier molecular flexibility index (Phi) is 4.95. The van der Waals surface area contributed by atoms with E-state index in [1.165, 1.54) is 0 Å². The Morgan fingerprint density at radius 2 is 2.10 bits per heavy atom. The van der Waals surface area contributed by atoms with E-state index in [9.17, 15) is 4.79 Å². The minimum Gasteiger partial charge on any atom is -0.334 e. The number of halogens is 2. The fourth-order valence-electron chi connectivity index (χ4n) is 2.73. The van der Waals surface area contributed by atoms with E-state index >= 15 is 0 Å². The van der Waals surface area contributed by atoms with Crippen LogP contribution >= 0.6 is 23.2 Å². The molecule has 1 aromatic carbocycles. The molecule has 1 aliphatic heterocycles. The van der Waals surface area contributed by atoms with E-state index in [1.807, 2.05) is 11.0 Å². The van der Waals surface area contributed by atoms with E-state index in [4.69, 9.17) is 28.9 Å². The molecule has 1 aliphatic rings. The number of likely N-dealkylation sites (tertiary alicyclic amines) is 1. The summed E-state index contributed by atoms with van der Waals surface area (Å²) < 4.78 is 0. The van der Waals surface area contributed by atoms with Crippen molar-refractivity contribution in [1.29, 1.82) is 0 Å². The number of rotatable bonds is 3. The van der Waals surface area contributed by atoms with Gasteiger partial charge in [0.15, 0.2) is 0 Å². The monoisotopic (exact) mass is 314 g/mol. The molecule has 1 amide bonds. The highest BCUT2D eigenvalue weighted by molar-refractivity contribution is 6.33. The highest BCUT2D eigenvalue weighted by Gasteiger charge is 2.36. The largest absolute Gasteiger partial charge is 0.334 e. The van der Waals surface area contributed by atoms with E-state index in [0.717, 1.165) is 5.56 Å². The van der Waals surface area contributed by atoms with Gasteiger partial charge in [0.05, 0.1) is 6.04 Å². The van der Waals surface area contributed by atoms with Crippen LogP contribution in [0.3, 0.4) is 0 Å². The highest BCUT2D eigenvalue weighted by atomic mass is 35.5. The van der Waals surface area contributed by atoms with Crippen molar-refractivity contribution in [3.63, 3.8) is 0 Å². The molecule has 2 atom stereocenters. The Balaban J connectivity index is 2.41. The lowest BCUT2D eigenvalue weighted by atomic mass is 9.89. The first-order valence-corrected chi connectivity index (χ1v) is 7.65. The summed E-state index contributed by atoms with van der Waals surface area (Å²) in [6.45, 7) is 4.86.